The maximum absolute atomic E-state index is 12.9. The summed E-state index contributed by atoms with van der Waals surface area (Å²) in [6.07, 6.45) is 2.39. The summed E-state index contributed by atoms with van der Waals surface area (Å²) in [7, 11) is 1.29. The lowest BCUT2D eigenvalue weighted by Gasteiger charge is -2.34. The largest absolute Gasteiger partial charge is 0.469 e. The van der Waals surface area contributed by atoms with Crippen LogP contribution in [-0.2, 0) is 19.1 Å². The van der Waals surface area contributed by atoms with Crippen LogP contribution in [0, 0.1) is 6.92 Å². The Morgan fingerprint density at radius 2 is 2.07 bits per heavy atom. The first-order chi connectivity index (χ1) is 14.0. The number of benzene rings is 1. The molecule has 0 unspecified atom stereocenters. The first kappa shape index (κ1) is 20.9. The Bertz CT molecular complexity index is 898. The van der Waals surface area contributed by atoms with Crippen molar-refractivity contribution in [2.45, 2.75) is 45.1 Å². The van der Waals surface area contributed by atoms with Gasteiger partial charge in [0.2, 0.25) is 11.8 Å². The Balaban J connectivity index is 1.68. The third kappa shape index (κ3) is 5.38. The predicted octanol–water partition coefficient (Wildman–Crippen LogP) is 2.79. The Labute approximate surface area is 173 Å². The van der Waals surface area contributed by atoms with Gasteiger partial charge < -0.3 is 15.0 Å². The molecule has 2 aromatic rings. The van der Waals surface area contributed by atoms with Gasteiger partial charge in [-0.2, -0.15) is 0 Å². The zero-order chi connectivity index (χ0) is 20.8. The number of esters is 1. The molecule has 0 aliphatic carbocycles. The maximum Gasteiger partial charge on any atom is 0.306 e. The average Bonchev–Trinajstić information content (AvgIpc) is 3.18. The number of carbonyl (C=O) groups is 3. The smallest absolute Gasteiger partial charge is 0.306 e. The van der Waals surface area contributed by atoms with Crippen molar-refractivity contribution in [1.82, 2.24) is 15.1 Å². The molecule has 29 heavy (non-hydrogen) atoms. The zero-order valence-electron chi connectivity index (χ0n) is 16.5. The molecule has 8 nitrogen and oxygen atoms in total. The SMILES string of the molecule is COC(=O)CCC(=O)N1CCCC[C@@H]1C(=O)Nc1cccc(-c2nnc(C)s2)c1. The zero-order valence-corrected chi connectivity index (χ0v) is 17.3. The molecule has 1 aromatic heterocycles. The van der Waals surface area contributed by atoms with Crippen molar-refractivity contribution < 1.29 is 19.1 Å². The van der Waals surface area contributed by atoms with Crippen molar-refractivity contribution in [2.75, 3.05) is 19.0 Å². The lowest BCUT2D eigenvalue weighted by Crippen LogP contribution is -2.50. The summed E-state index contributed by atoms with van der Waals surface area (Å²) in [4.78, 5) is 38.4. The molecule has 3 rings (SSSR count). The van der Waals surface area contributed by atoms with E-state index in [1.165, 1.54) is 18.4 Å². The number of nitrogens with one attached hydrogen (secondary N) is 1. The molecule has 0 radical (unpaired) electrons. The van der Waals surface area contributed by atoms with Crippen LogP contribution < -0.4 is 5.32 Å². The number of rotatable bonds is 6. The third-order valence-electron chi connectivity index (χ3n) is 4.80. The molecule has 0 spiro atoms. The van der Waals surface area contributed by atoms with Crippen LogP contribution in [0.3, 0.4) is 0 Å². The number of anilines is 1. The van der Waals surface area contributed by atoms with Crippen LogP contribution in [-0.4, -0.2) is 52.6 Å². The molecule has 154 valence electrons. The lowest BCUT2D eigenvalue weighted by atomic mass is 10.0. The van der Waals surface area contributed by atoms with E-state index in [0.29, 0.717) is 18.7 Å². The van der Waals surface area contributed by atoms with E-state index in [1.54, 1.807) is 4.90 Å². The van der Waals surface area contributed by atoms with Gasteiger partial charge in [-0.3, -0.25) is 14.4 Å². The molecule has 1 saturated heterocycles. The molecular weight excluding hydrogens is 392 g/mol. The lowest BCUT2D eigenvalue weighted by molar-refractivity contribution is -0.145. The molecule has 9 heteroatoms. The van der Waals surface area contributed by atoms with E-state index >= 15 is 0 Å². The van der Waals surface area contributed by atoms with Crippen LogP contribution in [0.15, 0.2) is 24.3 Å². The molecule has 1 aliphatic heterocycles. The van der Waals surface area contributed by atoms with E-state index in [2.05, 4.69) is 20.3 Å². The number of hydrogen-bond acceptors (Lipinski definition) is 7. The molecule has 1 fully saturated rings. The minimum Gasteiger partial charge on any atom is -0.469 e. The van der Waals surface area contributed by atoms with Gasteiger partial charge in [-0.05, 0) is 38.3 Å². The highest BCUT2D eigenvalue weighted by molar-refractivity contribution is 7.14. The monoisotopic (exact) mass is 416 g/mol. The second-order valence-corrected chi connectivity index (χ2v) is 8.05. The third-order valence-corrected chi connectivity index (χ3v) is 5.69. The molecule has 2 heterocycles. The summed E-state index contributed by atoms with van der Waals surface area (Å²) in [5.41, 5.74) is 1.52. The minimum atomic E-state index is -0.540. The second-order valence-electron chi connectivity index (χ2n) is 6.87. The van der Waals surface area contributed by atoms with E-state index < -0.39 is 12.0 Å². The number of ether oxygens (including phenoxy) is 1. The molecule has 1 aromatic carbocycles. The Morgan fingerprint density at radius 3 is 2.79 bits per heavy atom. The van der Waals surface area contributed by atoms with Crippen LogP contribution in [0.2, 0.25) is 0 Å². The highest BCUT2D eigenvalue weighted by Gasteiger charge is 2.32. The van der Waals surface area contributed by atoms with E-state index in [0.717, 1.165) is 28.4 Å². The molecule has 0 bridgehead atoms. The second kappa shape index (κ2) is 9.60. The molecular formula is C20H24N4O4S. The maximum atomic E-state index is 12.9. The van der Waals surface area contributed by atoms with Crippen molar-refractivity contribution in [3.05, 3.63) is 29.3 Å². The Hall–Kier alpha value is -2.81. The summed E-state index contributed by atoms with van der Waals surface area (Å²) in [5, 5.41) is 12.7. The number of amides is 2. The normalized spacial score (nSPS) is 16.3. The number of piperidine rings is 1. The Morgan fingerprint density at radius 1 is 1.24 bits per heavy atom. The summed E-state index contributed by atoms with van der Waals surface area (Å²) >= 11 is 1.48. The van der Waals surface area contributed by atoms with Gasteiger partial charge in [-0.1, -0.05) is 23.5 Å². The molecule has 1 atom stereocenters. The van der Waals surface area contributed by atoms with Crippen molar-refractivity contribution in [2.24, 2.45) is 0 Å². The van der Waals surface area contributed by atoms with Gasteiger partial charge >= 0.3 is 5.97 Å². The summed E-state index contributed by atoms with van der Waals surface area (Å²) in [5.74, 6) is -0.852. The molecule has 0 saturated carbocycles. The van der Waals surface area contributed by atoms with Crippen LogP contribution in [0.1, 0.15) is 37.1 Å². The van der Waals surface area contributed by atoms with Crippen molar-refractivity contribution >= 4 is 34.8 Å². The van der Waals surface area contributed by atoms with Gasteiger partial charge in [0.25, 0.3) is 0 Å². The number of aryl methyl sites for hydroxylation is 1. The van der Waals surface area contributed by atoms with Crippen LogP contribution >= 0.6 is 11.3 Å². The van der Waals surface area contributed by atoms with E-state index in [1.807, 2.05) is 31.2 Å². The fourth-order valence-corrected chi connectivity index (χ4v) is 4.01. The van der Waals surface area contributed by atoms with Gasteiger partial charge in [0.15, 0.2) is 0 Å². The van der Waals surface area contributed by atoms with E-state index in [4.69, 9.17) is 0 Å². The number of likely N-dealkylation sites (tertiary alicyclic amines) is 1. The topological polar surface area (TPSA) is 101 Å². The van der Waals surface area contributed by atoms with E-state index in [9.17, 15) is 14.4 Å². The fourth-order valence-electron chi connectivity index (χ4n) is 3.33. The quantitative estimate of drug-likeness (QED) is 0.727. The van der Waals surface area contributed by atoms with Gasteiger partial charge in [0.1, 0.15) is 16.1 Å². The highest BCUT2D eigenvalue weighted by Crippen LogP contribution is 2.26. The van der Waals surface area contributed by atoms with Crippen molar-refractivity contribution in [1.29, 1.82) is 0 Å². The van der Waals surface area contributed by atoms with Crippen LogP contribution in [0.25, 0.3) is 10.6 Å². The van der Waals surface area contributed by atoms with Crippen molar-refractivity contribution in [3.63, 3.8) is 0 Å². The minimum absolute atomic E-state index is 0.0173. The number of methoxy groups -OCH3 is 1. The molecule has 1 aliphatic rings. The van der Waals surface area contributed by atoms with Gasteiger partial charge in [-0.15, -0.1) is 10.2 Å². The average molecular weight is 417 g/mol. The van der Waals surface area contributed by atoms with E-state index in [-0.39, 0.29) is 24.7 Å². The number of nitrogens with zero attached hydrogens (tertiary/aromatic N) is 3. The number of aromatic nitrogens is 2. The first-order valence-corrected chi connectivity index (χ1v) is 10.4. The molecule has 2 amide bonds. The predicted molar refractivity (Wildman–Crippen MR) is 109 cm³/mol. The molecule has 1 N–H and O–H groups in total. The number of hydrogen-bond donors (Lipinski definition) is 1. The fraction of sp³-hybridized carbons (Fsp3) is 0.450. The summed E-state index contributed by atoms with van der Waals surface area (Å²) < 4.78 is 4.59. The highest BCUT2D eigenvalue weighted by atomic mass is 32.1. The van der Waals surface area contributed by atoms with Crippen LogP contribution in [0.5, 0.6) is 0 Å². The first-order valence-electron chi connectivity index (χ1n) is 9.55. The van der Waals surface area contributed by atoms with Gasteiger partial charge in [0.05, 0.1) is 13.5 Å². The van der Waals surface area contributed by atoms with Crippen LogP contribution in [0.4, 0.5) is 5.69 Å². The summed E-state index contributed by atoms with van der Waals surface area (Å²) in [6, 6.07) is 6.88. The van der Waals surface area contributed by atoms with Gasteiger partial charge in [-0.25, -0.2) is 0 Å². The Kier molecular flexibility index (Phi) is 6.92. The van der Waals surface area contributed by atoms with Gasteiger partial charge in [0, 0.05) is 24.2 Å². The van der Waals surface area contributed by atoms with Crippen molar-refractivity contribution in [3.8, 4) is 10.6 Å². The summed E-state index contributed by atoms with van der Waals surface area (Å²) in [6.45, 7) is 2.41. The standard InChI is InChI=1S/C20H24N4O4S/c1-13-22-23-20(29-13)14-6-5-7-15(12-14)21-19(27)16-8-3-4-11-24(16)17(25)9-10-18(26)28-2/h5-7,12,16H,3-4,8-11H2,1-2H3,(H,21,27)/t16-/m1/s1. The number of carbonyl (C=O) groups excluding carboxylic acids is 3.